The predicted molar refractivity (Wildman–Crippen MR) is 107 cm³/mol. The Hall–Kier alpha value is -2.05. The van der Waals surface area contributed by atoms with Gasteiger partial charge in [-0.1, -0.05) is 26.7 Å². The van der Waals surface area contributed by atoms with Gasteiger partial charge in [0.2, 0.25) is 0 Å². The summed E-state index contributed by atoms with van der Waals surface area (Å²) in [6.45, 7) is 6.01. The maximum atomic E-state index is 13.1. The van der Waals surface area contributed by atoms with E-state index in [0.29, 0.717) is 30.0 Å². The SMILES string of the molecule is CC1CCCCN(C2=Nc3ccc(C(F)(F)F)cc3CCC(C)/C2=N\N)CC1. The summed E-state index contributed by atoms with van der Waals surface area (Å²) in [4.78, 5) is 7.04. The van der Waals surface area contributed by atoms with Crippen LogP contribution in [-0.2, 0) is 12.6 Å². The van der Waals surface area contributed by atoms with Crippen molar-refractivity contribution >= 4 is 17.2 Å². The zero-order valence-electron chi connectivity index (χ0n) is 16.6. The number of aliphatic imine (C=N–C) groups is 1. The molecule has 1 aromatic carbocycles. The molecule has 2 heterocycles. The number of nitrogens with zero attached hydrogens (tertiary/aromatic N) is 3. The third kappa shape index (κ3) is 4.67. The number of alkyl halides is 3. The second kappa shape index (κ2) is 8.53. The first kappa shape index (κ1) is 20.7. The lowest BCUT2D eigenvalue weighted by Crippen LogP contribution is -2.42. The highest BCUT2D eigenvalue weighted by atomic mass is 19.4. The van der Waals surface area contributed by atoms with Crippen molar-refractivity contribution in [3.8, 4) is 0 Å². The summed E-state index contributed by atoms with van der Waals surface area (Å²) >= 11 is 0. The average molecular weight is 394 g/mol. The summed E-state index contributed by atoms with van der Waals surface area (Å²) in [6, 6.07) is 3.83. The Balaban J connectivity index is 2.03. The van der Waals surface area contributed by atoms with Gasteiger partial charge in [0.25, 0.3) is 0 Å². The van der Waals surface area contributed by atoms with E-state index >= 15 is 0 Å². The Labute approximate surface area is 164 Å². The molecule has 3 rings (SSSR count). The molecule has 2 atom stereocenters. The van der Waals surface area contributed by atoms with Gasteiger partial charge >= 0.3 is 6.18 Å². The molecule has 2 unspecified atom stereocenters. The van der Waals surface area contributed by atoms with Crippen molar-refractivity contribution in [3.63, 3.8) is 0 Å². The van der Waals surface area contributed by atoms with E-state index in [2.05, 4.69) is 16.9 Å². The van der Waals surface area contributed by atoms with Crippen molar-refractivity contribution in [3.05, 3.63) is 29.3 Å². The second-order valence-electron chi connectivity index (χ2n) is 8.11. The predicted octanol–water partition coefficient (Wildman–Crippen LogP) is 5.14. The van der Waals surface area contributed by atoms with Gasteiger partial charge in [0.05, 0.1) is 11.3 Å². The zero-order chi connectivity index (χ0) is 20.3. The van der Waals surface area contributed by atoms with Gasteiger partial charge in [0.1, 0.15) is 5.71 Å². The van der Waals surface area contributed by atoms with Crippen molar-refractivity contribution < 1.29 is 13.2 Å². The van der Waals surface area contributed by atoms with E-state index in [1.165, 1.54) is 25.0 Å². The maximum absolute atomic E-state index is 13.1. The minimum Gasteiger partial charge on any atom is -0.355 e. The first-order valence-electron chi connectivity index (χ1n) is 10.1. The molecule has 0 bridgehead atoms. The van der Waals surface area contributed by atoms with Crippen LogP contribution in [0.25, 0.3) is 0 Å². The van der Waals surface area contributed by atoms with Gasteiger partial charge in [-0.25, -0.2) is 4.99 Å². The fourth-order valence-corrected chi connectivity index (χ4v) is 4.03. The lowest BCUT2D eigenvalue weighted by atomic mass is 9.91. The summed E-state index contributed by atoms with van der Waals surface area (Å²) in [7, 11) is 0. The van der Waals surface area contributed by atoms with Crippen LogP contribution in [0.5, 0.6) is 0 Å². The number of rotatable bonds is 0. The minimum absolute atomic E-state index is 0.0364. The minimum atomic E-state index is -4.35. The number of hydrogen-bond donors (Lipinski definition) is 1. The number of nitrogens with two attached hydrogens (primary N) is 1. The molecule has 1 saturated heterocycles. The van der Waals surface area contributed by atoms with E-state index < -0.39 is 11.7 Å². The number of benzene rings is 1. The van der Waals surface area contributed by atoms with Crippen molar-refractivity contribution in [2.75, 3.05) is 13.1 Å². The van der Waals surface area contributed by atoms with Crippen LogP contribution in [-0.4, -0.2) is 29.5 Å². The first-order valence-corrected chi connectivity index (χ1v) is 10.1. The normalized spacial score (nSPS) is 26.0. The van der Waals surface area contributed by atoms with Gasteiger partial charge in [-0.2, -0.15) is 18.3 Å². The highest BCUT2D eigenvalue weighted by Crippen LogP contribution is 2.35. The number of hydrazone groups is 1. The van der Waals surface area contributed by atoms with Gasteiger partial charge in [-0.15, -0.1) is 0 Å². The molecule has 7 heteroatoms. The Morgan fingerprint density at radius 1 is 1.11 bits per heavy atom. The van der Waals surface area contributed by atoms with E-state index in [1.807, 2.05) is 6.92 Å². The molecule has 28 heavy (non-hydrogen) atoms. The topological polar surface area (TPSA) is 54.0 Å². The van der Waals surface area contributed by atoms with Gasteiger partial charge in [0, 0.05) is 19.0 Å². The lowest BCUT2D eigenvalue weighted by molar-refractivity contribution is -0.137. The van der Waals surface area contributed by atoms with Crippen LogP contribution in [0.2, 0.25) is 0 Å². The molecule has 0 saturated carbocycles. The fourth-order valence-electron chi connectivity index (χ4n) is 4.03. The molecule has 1 aromatic rings. The molecule has 0 spiro atoms. The quantitative estimate of drug-likeness (QED) is 0.489. The number of amidine groups is 1. The van der Waals surface area contributed by atoms with Gasteiger partial charge < -0.3 is 10.7 Å². The van der Waals surface area contributed by atoms with Crippen molar-refractivity contribution in [1.29, 1.82) is 0 Å². The van der Waals surface area contributed by atoms with Crippen molar-refractivity contribution in [2.45, 2.75) is 58.5 Å². The van der Waals surface area contributed by atoms with Crippen LogP contribution in [0.15, 0.2) is 28.3 Å². The van der Waals surface area contributed by atoms with Gasteiger partial charge in [-0.3, -0.25) is 0 Å². The molecule has 0 aliphatic carbocycles. The smallest absolute Gasteiger partial charge is 0.355 e. The Morgan fingerprint density at radius 3 is 2.61 bits per heavy atom. The standard InChI is InChI=1S/C21H29F3N4/c1-14-5-3-4-11-28(12-10-14)20-19(27-25)15(2)6-7-16-13-17(21(22,23)24)8-9-18(16)26-20/h8-9,13-15H,3-7,10-12,25H2,1-2H3/b26-20?,27-19+. The summed E-state index contributed by atoms with van der Waals surface area (Å²) in [6.07, 6.45) is 1.39. The fraction of sp³-hybridized carbons (Fsp3) is 0.619. The van der Waals surface area contributed by atoms with Crippen LogP contribution < -0.4 is 5.84 Å². The molecule has 1 fully saturated rings. The van der Waals surface area contributed by atoms with Crippen LogP contribution >= 0.6 is 0 Å². The number of aryl methyl sites for hydroxylation is 1. The molecule has 2 aliphatic heterocycles. The summed E-state index contributed by atoms with van der Waals surface area (Å²) in [5.41, 5.74) is 1.35. The molecule has 2 aliphatic rings. The highest BCUT2D eigenvalue weighted by molar-refractivity contribution is 6.42. The van der Waals surface area contributed by atoms with Crippen LogP contribution in [0, 0.1) is 11.8 Å². The van der Waals surface area contributed by atoms with Crippen molar-refractivity contribution in [1.82, 2.24) is 4.90 Å². The first-order chi connectivity index (χ1) is 13.3. The largest absolute Gasteiger partial charge is 0.416 e. The number of fused-ring (bicyclic) bond motifs is 1. The number of halogens is 3. The van der Waals surface area contributed by atoms with E-state index in [0.717, 1.165) is 43.5 Å². The molecular weight excluding hydrogens is 365 g/mol. The third-order valence-electron chi connectivity index (χ3n) is 5.88. The second-order valence-corrected chi connectivity index (χ2v) is 8.11. The van der Waals surface area contributed by atoms with Crippen LogP contribution in [0.1, 0.15) is 57.1 Å². The van der Waals surface area contributed by atoms with E-state index in [1.54, 1.807) is 0 Å². The van der Waals surface area contributed by atoms with Crippen molar-refractivity contribution in [2.24, 2.45) is 27.8 Å². The average Bonchev–Trinajstić information content (AvgIpc) is 2.62. The summed E-state index contributed by atoms with van der Waals surface area (Å²) in [5.74, 6) is 7.15. The maximum Gasteiger partial charge on any atom is 0.416 e. The Bertz CT molecular complexity index is 755. The molecular formula is C21H29F3N4. The van der Waals surface area contributed by atoms with E-state index in [9.17, 15) is 13.2 Å². The molecule has 154 valence electrons. The Kier molecular flexibility index (Phi) is 6.30. The molecule has 4 nitrogen and oxygen atoms in total. The monoisotopic (exact) mass is 394 g/mol. The van der Waals surface area contributed by atoms with Crippen LogP contribution in [0.3, 0.4) is 0 Å². The summed E-state index contributed by atoms with van der Waals surface area (Å²) < 4.78 is 39.4. The number of hydrogen-bond acceptors (Lipinski definition) is 4. The molecule has 0 aromatic heterocycles. The van der Waals surface area contributed by atoms with Gasteiger partial charge in [0.15, 0.2) is 5.84 Å². The molecule has 0 amide bonds. The zero-order valence-corrected chi connectivity index (χ0v) is 16.6. The van der Waals surface area contributed by atoms with E-state index in [4.69, 9.17) is 10.8 Å². The third-order valence-corrected chi connectivity index (χ3v) is 5.88. The molecule has 2 N–H and O–H groups in total. The van der Waals surface area contributed by atoms with Gasteiger partial charge in [-0.05, 0) is 55.4 Å². The summed E-state index contributed by atoms with van der Waals surface area (Å²) in [5, 5.41) is 4.05. The highest BCUT2D eigenvalue weighted by Gasteiger charge is 2.32. The number of likely N-dealkylation sites (tertiary alicyclic amines) is 1. The lowest BCUT2D eigenvalue weighted by Gasteiger charge is -2.32. The molecule has 0 radical (unpaired) electrons. The van der Waals surface area contributed by atoms with Crippen LogP contribution in [0.4, 0.5) is 18.9 Å². The Morgan fingerprint density at radius 2 is 1.89 bits per heavy atom. The van der Waals surface area contributed by atoms with E-state index in [-0.39, 0.29) is 5.92 Å².